The summed E-state index contributed by atoms with van der Waals surface area (Å²) in [4.78, 5) is 29.0. The van der Waals surface area contributed by atoms with Crippen LogP contribution in [0.3, 0.4) is 0 Å². The van der Waals surface area contributed by atoms with Crippen LogP contribution in [0, 0.1) is 0 Å². The second kappa shape index (κ2) is 15.4. The number of anilines is 1. The molecular weight excluding hydrogens is 642 g/mol. The quantitative estimate of drug-likeness (QED) is 0.212. The van der Waals surface area contributed by atoms with E-state index in [1.165, 1.54) is 17.0 Å². The number of sulfonamides is 1. The van der Waals surface area contributed by atoms with Crippen LogP contribution < -0.4 is 14.4 Å². The highest BCUT2D eigenvalue weighted by molar-refractivity contribution is 9.10. The number of nitrogens with zero attached hydrogens (tertiary/aromatic N) is 2. The van der Waals surface area contributed by atoms with E-state index in [2.05, 4.69) is 21.2 Å². The summed E-state index contributed by atoms with van der Waals surface area (Å²) in [6, 6.07) is 18.8. The molecule has 0 radical (unpaired) electrons. The summed E-state index contributed by atoms with van der Waals surface area (Å²) < 4.78 is 35.3. The number of halogens is 2. The summed E-state index contributed by atoms with van der Waals surface area (Å²) in [6.45, 7) is 7.57. The lowest BCUT2D eigenvalue weighted by molar-refractivity contribution is -0.140. The topological polar surface area (TPSA) is 96.0 Å². The minimum absolute atomic E-state index is 0.0261. The predicted molar refractivity (Wildman–Crippen MR) is 170 cm³/mol. The van der Waals surface area contributed by atoms with Crippen LogP contribution in [0.1, 0.15) is 46.1 Å². The van der Waals surface area contributed by atoms with Crippen LogP contribution in [0.15, 0.2) is 82.2 Å². The average molecular weight is 679 g/mol. The van der Waals surface area contributed by atoms with Crippen molar-refractivity contribution in [3.05, 3.63) is 87.9 Å². The SMILES string of the molecule is CCOc1ccc(N(CC(=O)N(Cc2ccc(Cl)cc2)[C@H](CC)C(=O)N[C@@H](C)CC)S(=O)(=O)c2ccc(Br)cc2)cc1. The van der Waals surface area contributed by atoms with Gasteiger partial charge in [-0.05, 0) is 92.9 Å². The molecule has 2 atom stereocenters. The van der Waals surface area contributed by atoms with E-state index in [0.717, 1.165) is 20.8 Å². The summed E-state index contributed by atoms with van der Waals surface area (Å²) in [7, 11) is -4.17. The smallest absolute Gasteiger partial charge is 0.264 e. The van der Waals surface area contributed by atoms with E-state index in [0.29, 0.717) is 29.5 Å². The molecule has 3 rings (SSSR count). The molecule has 0 aliphatic rings. The van der Waals surface area contributed by atoms with Crippen LogP contribution in [0.5, 0.6) is 5.75 Å². The van der Waals surface area contributed by atoms with Gasteiger partial charge in [-0.25, -0.2) is 8.42 Å². The zero-order chi connectivity index (χ0) is 30.9. The first-order valence-corrected chi connectivity index (χ1v) is 16.5. The fraction of sp³-hybridized carbons (Fsp3) is 0.355. The first kappa shape index (κ1) is 33.4. The molecule has 8 nitrogen and oxygen atoms in total. The Morgan fingerprint density at radius 2 is 1.55 bits per heavy atom. The Kier molecular flexibility index (Phi) is 12.3. The number of hydrogen-bond acceptors (Lipinski definition) is 5. The van der Waals surface area contributed by atoms with Crippen molar-refractivity contribution >= 4 is 55.1 Å². The summed E-state index contributed by atoms with van der Waals surface area (Å²) >= 11 is 9.42. The molecule has 0 saturated carbocycles. The van der Waals surface area contributed by atoms with Crippen molar-refractivity contribution in [2.75, 3.05) is 17.5 Å². The van der Waals surface area contributed by atoms with Gasteiger partial charge in [0.05, 0.1) is 17.2 Å². The van der Waals surface area contributed by atoms with Gasteiger partial charge in [-0.15, -0.1) is 0 Å². The van der Waals surface area contributed by atoms with E-state index in [4.69, 9.17) is 16.3 Å². The molecule has 11 heteroatoms. The lowest BCUT2D eigenvalue weighted by Crippen LogP contribution is -2.53. The van der Waals surface area contributed by atoms with Crippen molar-refractivity contribution in [2.24, 2.45) is 0 Å². The highest BCUT2D eigenvalue weighted by Crippen LogP contribution is 2.28. The molecule has 0 fully saturated rings. The van der Waals surface area contributed by atoms with Crippen molar-refractivity contribution in [1.29, 1.82) is 0 Å². The first-order chi connectivity index (χ1) is 20.0. The lowest BCUT2D eigenvalue weighted by atomic mass is 10.1. The third-order valence-corrected chi connectivity index (χ3v) is 9.34. The van der Waals surface area contributed by atoms with E-state index >= 15 is 0 Å². The number of carbonyl (C=O) groups excluding carboxylic acids is 2. The molecule has 1 N–H and O–H groups in total. The van der Waals surface area contributed by atoms with Crippen molar-refractivity contribution in [2.45, 2.75) is 64.1 Å². The van der Waals surface area contributed by atoms with Gasteiger partial charge >= 0.3 is 0 Å². The van der Waals surface area contributed by atoms with Crippen LogP contribution in [0.2, 0.25) is 5.02 Å². The molecule has 0 aromatic heterocycles. The predicted octanol–water partition coefficient (Wildman–Crippen LogP) is 6.42. The van der Waals surface area contributed by atoms with Crippen LogP contribution in [-0.2, 0) is 26.2 Å². The first-order valence-electron chi connectivity index (χ1n) is 13.9. The zero-order valence-corrected chi connectivity index (χ0v) is 27.4. The van der Waals surface area contributed by atoms with Crippen LogP contribution >= 0.6 is 27.5 Å². The van der Waals surface area contributed by atoms with Crippen molar-refractivity contribution in [3.8, 4) is 5.75 Å². The summed E-state index contributed by atoms with van der Waals surface area (Å²) in [5, 5.41) is 3.51. The maximum atomic E-state index is 14.1. The van der Waals surface area contributed by atoms with Gasteiger partial charge in [-0.1, -0.05) is 53.5 Å². The van der Waals surface area contributed by atoms with E-state index in [1.807, 2.05) is 27.7 Å². The third-order valence-electron chi connectivity index (χ3n) is 6.77. The average Bonchev–Trinajstić information content (AvgIpc) is 2.97. The molecule has 0 aliphatic carbocycles. The van der Waals surface area contributed by atoms with Crippen molar-refractivity contribution in [3.63, 3.8) is 0 Å². The number of carbonyl (C=O) groups is 2. The standard InChI is InChI=1S/C31H37BrClN3O5S/c1-5-22(4)34-31(38)29(6-2)35(20-23-8-12-25(33)13-9-23)30(37)21-36(26-14-16-27(17-15-26)41-7-3)42(39,40)28-18-10-24(32)11-19-28/h8-19,22,29H,5-7,20-21H2,1-4H3,(H,34,38)/t22-,29+/m0/s1. The fourth-order valence-corrected chi connectivity index (χ4v) is 6.09. The Balaban J connectivity index is 2.05. The Labute approximate surface area is 262 Å². The molecule has 0 aliphatic heterocycles. The molecular formula is C31H37BrClN3O5S. The van der Waals surface area contributed by atoms with Crippen molar-refractivity contribution in [1.82, 2.24) is 10.2 Å². The minimum atomic E-state index is -4.17. The van der Waals surface area contributed by atoms with E-state index in [9.17, 15) is 18.0 Å². The van der Waals surface area contributed by atoms with Gasteiger partial charge in [0, 0.05) is 22.1 Å². The summed E-state index contributed by atoms with van der Waals surface area (Å²) in [5.74, 6) is -0.242. The molecule has 0 spiro atoms. The number of amides is 2. The summed E-state index contributed by atoms with van der Waals surface area (Å²) in [5.41, 5.74) is 1.05. The van der Waals surface area contributed by atoms with E-state index in [1.54, 1.807) is 60.7 Å². The number of hydrogen-bond donors (Lipinski definition) is 1. The van der Waals surface area contributed by atoms with Gasteiger partial charge in [0.1, 0.15) is 18.3 Å². The van der Waals surface area contributed by atoms with Crippen LogP contribution in [0.4, 0.5) is 5.69 Å². The van der Waals surface area contributed by atoms with Crippen molar-refractivity contribution < 1.29 is 22.7 Å². The second-order valence-electron chi connectivity index (χ2n) is 9.78. The number of ether oxygens (including phenoxy) is 1. The lowest BCUT2D eigenvalue weighted by Gasteiger charge is -2.33. The van der Waals surface area contributed by atoms with E-state index < -0.39 is 28.5 Å². The molecule has 0 unspecified atom stereocenters. The minimum Gasteiger partial charge on any atom is -0.494 e. The molecule has 226 valence electrons. The zero-order valence-electron chi connectivity index (χ0n) is 24.2. The molecule has 0 saturated heterocycles. The highest BCUT2D eigenvalue weighted by Gasteiger charge is 2.34. The van der Waals surface area contributed by atoms with Crippen LogP contribution in [-0.4, -0.2) is 50.4 Å². The van der Waals surface area contributed by atoms with Crippen LogP contribution in [0.25, 0.3) is 0 Å². The Morgan fingerprint density at radius 1 is 0.929 bits per heavy atom. The largest absolute Gasteiger partial charge is 0.494 e. The second-order valence-corrected chi connectivity index (χ2v) is 13.0. The third kappa shape index (κ3) is 8.72. The van der Waals surface area contributed by atoms with Gasteiger partial charge in [-0.3, -0.25) is 13.9 Å². The molecule has 3 aromatic rings. The summed E-state index contributed by atoms with van der Waals surface area (Å²) in [6.07, 6.45) is 1.06. The van der Waals surface area contributed by atoms with Gasteiger partial charge in [-0.2, -0.15) is 0 Å². The molecule has 42 heavy (non-hydrogen) atoms. The molecule has 0 heterocycles. The van der Waals surface area contributed by atoms with Gasteiger partial charge < -0.3 is 15.0 Å². The Bertz CT molecular complexity index is 1430. The maximum Gasteiger partial charge on any atom is 0.264 e. The number of benzene rings is 3. The van der Waals surface area contributed by atoms with Gasteiger partial charge in [0.2, 0.25) is 11.8 Å². The maximum absolute atomic E-state index is 14.1. The van der Waals surface area contributed by atoms with Gasteiger partial charge in [0.25, 0.3) is 10.0 Å². The fourth-order valence-electron chi connectivity index (χ4n) is 4.28. The number of rotatable bonds is 14. The molecule has 0 bridgehead atoms. The highest BCUT2D eigenvalue weighted by atomic mass is 79.9. The Hall–Kier alpha value is -3.08. The Morgan fingerprint density at radius 3 is 2.10 bits per heavy atom. The number of nitrogens with one attached hydrogen (secondary N) is 1. The molecule has 3 aromatic carbocycles. The molecule has 2 amide bonds. The van der Waals surface area contributed by atoms with E-state index in [-0.39, 0.29) is 23.4 Å². The monoisotopic (exact) mass is 677 g/mol. The normalized spacial score (nSPS) is 12.7. The van der Waals surface area contributed by atoms with Gasteiger partial charge in [0.15, 0.2) is 0 Å².